The summed E-state index contributed by atoms with van der Waals surface area (Å²) in [4.78, 5) is 20.0. The average Bonchev–Trinajstić information content (AvgIpc) is 2.64. The van der Waals surface area contributed by atoms with E-state index < -0.39 is 11.6 Å². The quantitative estimate of drug-likeness (QED) is 0.747. The Morgan fingerprint density at radius 2 is 1.72 bits per heavy atom. The number of hydrogen-bond donors (Lipinski definition) is 2. The molecular weight excluding hydrogens is 326 g/mol. The number of anilines is 2. The van der Waals surface area contributed by atoms with Gasteiger partial charge < -0.3 is 10.6 Å². The van der Waals surface area contributed by atoms with Gasteiger partial charge in [-0.05, 0) is 42.0 Å². The largest absolute Gasteiger partial charge is 0.354 e. The van der Waals surface area contributed by atoms with Crippen LogP contribution >= 0.6 is 0 Å². The first-order valence-electron chi connectivity index (χ1n) is 7.47. The van der Waals surface area contributed by atoms with Crippen LogP contribution in [0.25, 0.3) is 0 Å². The van der Waals surface area contributed by atoms with Gasteiger partial charge in [0.05, 0.1) is 11.9 Å². The van der Waals surface area contributed by atoms with E-state index in [0.717, 1.165) is 17.7 Å². The molecule has 2 N–H and O–H groups in total. The lowest BCUT2D eigenvalue weighted by molar-refractivity contribution is 0.0946. The molecule has 0 radical (unpaired) electrons. The number of carbonyl (C=O) groups is 1. The van der Waals surface area contributed by atoms with E-state index in [9.17, 15) is 13.6 Å². The summed E-state index contributed by atoms with van der Waals surface area (Å²) < 4.78 is 26.1. The second-order valence-corrected chi connectivity index (χ2v) is 5.22. The second kappa shape index (κ2) is 7.48. The highest BCUT2D eigenvalue weighted by Crippen LogP contribution is 2.18. The van der Waals surface area contributed by atoms with Crippen LogP contribution in [0, 0.1) is 11.6 Å². The molecular formula is C18H14F2N4O. The molecule has 3 aromatic rings. The molecule has 0 aliphatic heterocycles. The molecule has 0 atom stereocenters. The molecule has 7 heteroatoms. The zero-order chi connectivity index (χ0) is 17.6. The van der Waals surface area contributed by atoms with Gasteiger partial charge in [-0.2, -0.15) is 0 Å². The number of hydrogen-bond acceptors (Lipinski definition) is 4. The van der Waals surface area contributed by atoms with E-state index in [1.54, 1.807) is 24.5 Å². The van der Waals surface area contributed by atoms with E-state index in [4.69, 9.17) is 0 Å². The number of benzene rings is 1. The summed E-state index contributed by atoms with van der Waals surface area (Å²) in [6.45, 7) is 0.373. The van der Waals surface area contributed by atoms with Crippen molar-refractivity contribution in [1.82, 2.24) is 15.3 Å². The number of aromatic nitrogens is 2. The van der Waals surface area contributed by atoms with Gasteiger partial charge in [-0.1, -0.05) is 0 Å². The maximum atomic E-state index is 13.2. The molecule has 0 spiro atoms. The molecule has 0 aliphatic rings. The Hall–Kier alpha value is -3.35. The Labute approximate surface area is 142 Å². The highest BCUT2D eigenvalue weighted by atomic mass is 19.2. The van der Waals surface area contributed by atoms with Crippen molar-refractivity contribution in [3.63, 3.8) is 0 Å². The second-order valence-electron chi connectivity index (χ2n) is 5.22. The lowest BCUT2D eigenvalue weighted by Crippen LogP contribution is -2.23. The van der Waals surface area contributed by atoms with Crippen molar-refractivity contribution in [2.45, 2.75) is 6.54 Å². The number of nitrogens with one attached hydrogen (secondary N) is 2. The first kappa shape index (κ1) is 16.5. The van der Waals surface area contributed by atoms with Gasteiger partial charge in [-0.15, -0.1) is 0 Å². The Bertz CT molecular complexity index is 870. The van der Waals surface area contributed by atoms with Crippen LogP contribution in [0.3, 0.4) is 0 Å². The third-order valence-corrected chi connectivity index (χ3v) is 3.41. The molecule has 25 heavy (non-hydrogen) atoms. The number of pyridine rings is 2. The van der Waals surface area contributed by atoms with E-state index in [2.05, 4.69) is 20.6 Å². The lowest BCUT2D eigenvalue weighted by atomic mass is 10.2. The monoisotopic (exact) mass is 340 g/mol. The number of rotatable bonds is 5. The van der Waals surface area contributed by atoms with E-state index in [0.29, 0.717) is 17.9 Å². The van der Waals surface area contributed by atoms with E-state index in [1.165, 1.54) is 12.3 Å². The van der Waals surface area contributed by atoms with Gasteiger partial charge in [0, 0.05) is 30.7 Å². The number of carbonyl (C=O) groups excluding carboxylic acids is 1. The van der Waals surface area contributed by atoms with Crippen LogP contribution in [-0.2, 0) is 6.54 Å². The van der Waals surface area contributed by atoms with Crippen LogP contribution in [0.1, 0.15) is 16.1 Å². The van der Waals surface area contributed by atoms with Crippen molar-refractivity contribution in [2.75, 3.05) is 5.32 Å². The molecule has 0 unspecified atom stereocenters. The summed E-state index contributed by atoms with van der Waals surface area (Å²) in [5, 5.41) is 5.65. The van der Waals surface area contributed by atoms with Crippen LogP contribution in [0.2, 0.25) is 0 Å². The van der Waals surface area contributed by atoms with Crippen LogP contribution in [0.5, 0.6) is 0 Å². The fraction of sp³-hybridized carbons (Fsp3) is 0.0556. The zero-order valence-corrected chi connectivity index (χ0v) is 13.0. The number of amides is 1. The van der Waals surface area contributed by atoms with E-state index >= 15 is 0 Å². The highest BCUT2D eigenvalue weighted by Gasteiger charge is 2.08. The minimum absolute atomic E-state index is 0.255. The Kier molecular flexibility index (Phi) is 4.94. The summed E-state index contributed by atoms with van der Waals surface area (Å²) in [5.41, 5.74) is 2.12. The smallest absolute Gasteiger partial charge is 0.270 e. The summed E-state index contributed by atoms with van der Waals surface area (Å²) in [6, 6.07) is 10.3. The maximum Gasteiger partial charge on any atom is 0.270 e. The van der Waals surface area contributed by atoms with Gasteiger partial charge in [0.1, 0.15) is 5.69 Å². The van der Waals surface area contributed by atoms with Gasteiger partial charge in [-0.3, -0.25) is 9.78 Å². The van der Waals surface area contributed by atoms with Crippen LogP contribution in [0.4, 0.5) is 20.2 Å². The Morgan fingerprint density at radius 1 is 0.960 bits per heavy atom. The van der Waals surface area contributed by atoms with Crippen LogP contribution in [0.15, 0.2) is 61.1 Å². The third kappa shape index (κ3) is 4.35. The highest BCUT2D eigenvalue weighted by molar-refractivity contribution is 5.92. The predicted molar refractivity (Wildman–Crippen MR) is 89.3 cm³/mol. The minimum Gasteiger partial charge on any atom is -0.354 e. The normalized spacial score (nSPS) is 10.3. The SMILES string of the molecule is O=C(NCc1ccncc1)c1ccc(Nc2ccc(F)c(F)c2)cn1. The van der Waals surface area contributed by atoms with Crippen molar-refractivity contribution in [3.05, 3.63) is 83.9 Å². The van der Waals surface area contributed by atoms with Gasteiger partial charge in [-0.25, -0.2) is 13.8 Å². The summed E-state index contributed by atoms with van der Waals surface area (Å²) in [6.07, 6.45) is 4.75. The first-order chi connectivity index (χ1) is 12.1. The molecule has 0 aliphatic carbocycles. The molecule has 5 nitrogen and oxygen atoms in total. The average molecular weight is 340 g/mol. The van der Waals surface area contributed by atoms with Crippen molar-refractivity contribution in [1.29, 1.82) is 0 Å². The topological polar surface area (TPSA) is 66.9 Å². The Balaban J connectivity index is 1.61. The van der Waals surface area contributed by atoms with Gasteiger partial charge in [0.2, 0.25) is 0 Å². The van der Waals surface area contributed by atoms with Crippen molar-refractivity contribution >= 4 is 17.3 Å². The lowest BCUT2D eigenvalue weighted by Gasteiger charge is -2.08. The molecule has 1 amide bonds. The van der Waals surface area contributed by atoms with E-state index in [1.807, 2.05) is 12.1 Å². The van der Waals surface area contributed by atoms with Crippen molar-refractivity contribution < 1.29 is 13.6 Å². The van der Waals surface area contributed by atoms with Crippen LogP contribution < -0.4 is 10.6 Å². The molecule has 0 bridgehead atoms. The number of nitrogens with zero attached hydrogens (tertiary/aromatic N) is 2. The molecule has 1 aromatic carbocycles. The number of halogens is 2. The fourth-order valence-electron chi connectivity index (χ4n) is 2.12. The Morgan fingerprint density at radius 3 is 2.40 bits per heavy atom. The minimum atomic E-state index is -0.940. The standard InChI is InChI=1S/C18H14F2N4O/c19-15-3-1-13(9-16(15)20)24-14-2-4-17(22-11-14)18(25)23-10-12-5-7-21-8-6-12/h1-9,11,24H,10H2,(H,23,25). The van der Waals surface area contributed by atoms with Crippen molar-refractivity contribution in [3.8, 4) is 0 Å². The fourth-order valence-corrected chi connectivity index (χ4v) is 2.12. The summed E-state index contributed by atoms with van der Waals surface area (Å²) >= 11 is 0. The first-order valence-corrected chi connectivity index (χ1v) is 7.47. The van der Waals surface area contributed by atoms with Crippen molar-refractivity contribution in [2.24, 2.45) is 0 Å². The maximum absolute atomic E-state index is 13.2. The molecule has 0 fully saturated rings. The van der Waals surface area contributed by atoms with Gasteiger partial charge in [0.15, 0.2) is 11.6 Å². The van der Waals surface area contributed by atoms with Crippen LogP contribution in [-0.4, -0.2) is 15.9 Å². The summed E-state index contributed by atoms with van der Waals surface area (Å²) in [5.74, 6) is -2.16. The summed E-state index contributed by atoms with van der Waals surface area (Å²) in [7, 11) is 0. The van der Waals surface area contributed by atoms with E-state index in [-0.39, 0.29) is 11.6 Å². The van der Waals surface area contributed by atoms with Gasteiger partial charge >= 0.3 is 0 Å². The molecule has 0 saturated carbocycles. The molecule has 0 saturated heterocycles. The molecule has 2 aromatic heterocycles. The molecule has 3 rings (SSSR count). The van der Waals surface area contributed by atoms with Gasteiger partial charge in [0.25, 0.3) is 5.91 Å². The molecule has 2 heterocycles. The molecule has 126 valence electrons. The predicted octanol–water partition coefficient (Wildman–Crippen LogP) is 3.43. The zero-order valence-electron chi connectivity index (χ0n) is 13.0. The third-order valence-electron chi connectivity index (χ3n) is 3.41.